The Morgan fingerprint density at radius 3 is 2.65 bits per heavy atom. The number of nitrogens with one attached hydrogen (secondary N) is 1. The molecule has 0 spiro atoms. The van der Waals surface area contributed by atoms with Crippen LogP contribution in [0.4, 0.5) is 8.78 Å². The molecule has 0 aromatic carbocycles. The van der Waals surface area contributed by atoms with Gasteiger partial charge in [0.15, 0.2) is 0 Å². The van der Waals surface area contributed by atoms with Crippen molar-refractivity contribution in [3.05, 3.63) is 0 Å². The number of halogens is 2. The van der Waals surface area contributed by atoms with Gasteiger partial charge in [0.1, 0.15) is 6.61 Å². The van der Waals surface area contributed by atoms with Crippen LogP contribution in [0.25, 0.3) is 0 Å². The summed E-state index contributed by atoms with van der Waals surface area (Å²) in [4.78, 5) is 11.5. The van der Waals surface area contributed by atoms with E-state index in [0.717, 1.165) is 0 Å². The molecule has 0 aliphatic rings. The van der Waals surface area contributed by atoms with Crippen LogP contribution in [0.5, 0.6) is 0 Å². The molecule has 1 atom stereocenters. The summed E-state index contributed by atoms with van der Waals surface area (Å²) in [6.45, 7) is 3.07. The van der Waals surface area contributed by atoms with Gasteiger partial charge < -0.3 is 15.2 Å². The molecule has 0 aliphatic heterocycles. The van der Waals surface area contributed by atoms with Gasteiger partial charge in [-0.05, 0) is 19.8 Å². The first-order valence-corrected chi connectivity index (χ1v) is 5.71. The van der Waals surface area contributed by atoms with Crippen molar-refractivity contribution >= 4 is 5.91 Å². The third kappa shape index (κ3) is 8.04. The van der Waals surface area contributed by atoms with Crippen LogP contribution in [0.3, 0.4) is 0 Å². The highest BCUT2D eigenvalue weighted by atomic mass is 19.3. The largest absolute Gasteiger partial charge is 0.396 e. The SMILES string of the molecule is CCC(C)(CCO)NC(=O)CCOCC(F)F. The number of alkyl halides is 2. The molecule has 17 heavy (non-hydrogen) atoms. The van der Waals surface area contributed by atoms with Crippen LogP contribution in [0, 0.1) is 0 Å². The summed E-state index contributed by atoms with van der Waals surface area (Å²) < 4.78 is 28.1. The molecular formula is C11H21F2NO3. The Morgan fingerprint density at radius 2 is 2.18 bits per heavy atom. The summed E-state index contributed by atoms with van der Waals surface area (Å²) in [5, 5.41) is 11.6. The molecule has 2 N–H and O–H groups in total. The zero-order chi connectivity index (χ0) is 13.3. The molecule has 0 radical (unpaired) electrons. The molecule has 0 saturated carbocycles. The molecule has 0 saturated heterocycles. The predicted octanol–water partition coefficient (Wildman–Crippen LogP) is 1.33. The first kappa shape index (κ1) is 16.2. The second-order valence-electron chi connectivity index (χ2n) is 4.15. The summed E-state index contributed by atoms with van der Waals surface area (Å²) in [6.07, 6.45) is -1.30. The van der Waals surface area contributed by atoms with Gasteiger partial charge in [0, 0.05) is 18.6 Å². The number of aliphatic hydroxyl groups excluding tert-OH is 1. The minimum absolute atomic E-state index is 0.00744. The van der Waals surface area contributed by atoms with Gasteiger partial charge in [0.2, 0.25) is 5.91 Å². The highest BCUT2D eigenvalue weighted by molar-refractivity contribution is 5.76. The third-order valence-electron chi connectivity index (χ3n) is 2.60. The summed E-state index contributed by atoms with van der Waals surface area (Å²) >= 11 is 0. The molecule has 0 rings (SSSR count). The maximum atomic E-state index is 11.7. The zero-order valence-corrected chi connectivity index (χ0v) is 10.3. The van der Waals surface area contributed by atoms with Crippen LogP contribution in [0.2, 0.25) is 0 Å². The molecule has 0 aromatic heterocycles. The van der Waals surface area contributed by atoms with Gasteiger partial charge in [-0.1, -0.05) is 6.92 Å². The van der Waals surface area contributed by atoms with E-state index in [1.807, 2.05) is 13.8 Å². The number of carbonyl (C=O) groups is 1. The van der Waals surface area contributed by atoms with Crippen LogP contribution in [-0.4, -0.2) is 42.8 Å². The van der Waals surface area contributed by atoms with E-state index >= 15 is 0 Å². The monoisotopic (exact) mass is 253 g/mol. The third-order valence-corrected chi connectivity index (χ3v) is 2.60. The van der Waals surface area contributed by atoms with E-state index in [9.17, 15) is 13.6 Å². The second kappa shape index (κ2) is 8.36. The number of carbonyl (C=O) groups excluding carboxylic acids is 1. The Hall–Kier alpha value is -0.750. The maximum Gasteiger partial charge on any atom is 0.261 e. The van der Waals surface area contributed by atoms with Gasteiger partial charge in [0.05, 0.1) is 6.61 Å². The van der Waals surface area contributed by atoms with E-state index in [0.29, 0.717) is 12.8 Å². The van der Waals surface area contributed by atoms with Gasteiger partial charge in [-0.15, -0.1) is 0 Å². The van der Waals surface area contributed by atoms with Gasteiger partial charge in [-0.2, -0.15) is 0 Å². The van der Waals surface area contributed by atoms with Crippen molar-refractivity contribution in [2.75, 3.05) is 19.8 Å². The maximum absolute atomic E-state index is 11.7. The van der Waals surface area contributed by atoms with Gasteiger partial charge in [-0.3, -0.25) is 4.79 Å². The highest BCUT2D eigenvalue weighted by Crippen LogP contribution is 2.13. The molecule has 6 heteroatoms. The van der Waals surface area contributed by atoms with Crippen LogP contribution < -0.4 is 5.32 Å². The first-order chi connectivity index (χ1) is 7.93. The van der Waals surface area contributed by atoms with E-state index in [1.165, 1.54) is 0 Å². The summed E-state index contributed by atoms with van der Waals surface area (Å²) in [6, 6.07) is 0. The van der Waals surface area contributed by atoms with Crippen molar-refractivity contribution in [1.29, 1.82) is 0 Å². The Labute approximate surface area is 100 Å². The predicted molar refractivity (Wildman–Crippen MR) is 60.0 cm³/mol. The number of amides is 1. The molecule has 0 bridgehead atoms. The minimum atomic E-state index is -2.51. The summed E-state index contributed by atoms with van der Waals surface area (Å²) in [7, 11) is 0. The number of rotatable bonds is 9. The molecular weight excluding hydrogens is 232 g/mol. The van der Waals surface area contributed by atoms with Crippen molar-refractivity contribution in [1.82, 2.24) is 5.32 Å². The van der Waals surface area contributed by atoms with Crippen LogP contribution in [-0.2, 0) is 9.53 Å². The lowest BCUT2D eigenvalue weighted by molar-refractivity contribution is -0.124. The molecule has 1 amide bonds. The van der Waals surface area contributed by atoms with Crippen molar-refractivity contribution in [2.45, 2.75) is 45.1 Å². The van der Waals surface area contributed by atoms with Gasteiger partial charge in [0.25, 0.3) is 6.43 Å². The zero-order valence-electron chi connectivity index (χ0n) is 10.3. The Bertz CT molecular complexity index is 227. The molecule has 4 nitrogen and oxygen atoms in total. The van der Waals surface area contributed by atoms with E-state index in [2.05, 4.69) is 10.1 Å². The van der Waals surface area contributed by atoms with Crippen LogP contribution in [0.15, 0.2) is 0 Å². The average molecular weight is 253 g/mol. The first-order valence-electron chi connectivity index (χ1n) is 5.71. The smallest absolute Gasteiger partial charge is 0.261 e. The van der Waals surface area contributed by atoms with Crippen LogP contribution in [0.1, 0.15) is 33.1 Å². The second-order valence-corrected chi connectivity index (χ2v) is 4.15. The topological polar surface area (TPSA) is 58.6 Å². The van der Waals surface area contributed by atoms with E-state index in [4.69, 9.17) is 5.11 Å². The van der Waals surface area contributed by atoms with E-state index in [-0.39, 0.29) is 25.5 Å². The quantitative estimate of drug-likeness (QED) is 0.609. The summed E-state index contributed by atoms with van der Waals surface area (Å²) in [5.41, 5.74) is -0.450. The van der Waals surface area contributed by atoms with Gasteiger partial charge in [-0.25, -0.2) is 8.78 Å². The van der Waals surface area contributed by atoms with Crippen molar-refractivity contribution < 1.29 is 23.4 Å². The number of ether oxygens (including phenoxy) is 1. The Balaban J connectivity index is 3.83. The Morgan fingerprint density at radius 1 is 1.53 bits per heavy atom. The minimum Gasteiger partial charge on any atom is -0.396 e. The fourth-order valence-electron chi connectivity index (χ4n) is 1.31. The van der Waals surface area contributed by atoms with Crippen molar-refractivity contribution in [3.8, 4) is 0 Å². The lowest BCUT2D eigenvalue weighted by Crippen LogP contribution is -2.46. The summed E-state index contributed by atoms with van der Waals surface area (Å²) in [5.74, 6) is -0.253. The average Bonchev–Trinajstić information content (AvgIpc) is 2.24. The van der Waals surface area contributed by atoms with E-state index in [1.54, 1.807) is 0 Å². The lowest BCUT2D eigenvalue weighted by atomic mass is 9.95. The number of aliphatic hydroxyl groups is 1. The number of hydrogen-bond donors (Lipinski definition) is 2. The van der Waals surface area contributed by atoms with Crippen LogP contribution >= 0.6 is 0 Å². The standard InChI is InChI=1S/C11H21F2NO3/c1-3-11(2,5-6-15)14-10(16)4-7-17-8-9(12)13/h9,15H,3-8H2,1-2H3,(H,14,16). The molecule has 0 heterocycles. The highest BCUT2D eigenvalue weighted by Gasteiger charge is 2.23. The van der Waals surface area contributed by atoms with Crippen molar-refractivity contribution in [3.63, 3.8) is 0 Å². The Kier molecular flexibility index (Phi) is 7.99. The fraction of sp³-hybridized carbons (Fsp3) is 0.909. The normalized spacial score (nSPS) is 14.7. The molecule has 0 fully saturated rings. The molecule has 1 unspecified atom stereocenters. The molecule has 0 aromatic rings. The van der Waals surface area contributed by atoms with E-state index < -0.39 is 18.6 Å². The van der Waals surface area contributed by atoms with Crippen molar-refractivity contribution in [2.24, 2.45) is 0 Å². The fourth-order valence-corrected chi connectivity index (χ4v) is 1.31. The lowest BCUT2D eigenvalue weighted by Gasteiger charge is -2.29. The number of hydrogen-bond acceptors (Lipinski definition) is 3. The molecule has 102 valence electrons. The van der Waals surface area contributed by atoms with Gasteiger partial charge >= 0.3 is 0 Å². The molecule has 0 aliphatic carbocycles.